The summed E-state index contributed by atoms with van der Waals surface area (Å²) in [6, 6.07) is 0. The fourth-order valence-corrected chi connectivity index (χ4v) is 0. The van der Waals surface area contributed by atoms with Gasteiger partial charge in [-0.3, -0.25) is 9.36 Å². The van der Waals surface area contributed by atoms with Crippen molar-refractivity contribution in [2.45, 2.75) is 0 Å². The molecule has 0 unspecified atom stereocenters. The van der Waals surface area contributed by atoms with Crippen molar-refractivity contribution in [3.63, 3.8) is 0 Å². The van der Waals surface area contributed by atoms with Gasteiger partial charge < -0.3 is 9.79 Å². The minimum atomic E-state index is -4.51. The topological polar surface area (TPSA) is 74.6 Å². The van der Waals surface area contributed by atoms with E-state index in [9.17, 15) is 9.36 Å². The van der Waals surface area contributed by atoms with Gasteiger partial charge in [-0.2, -0.15) is 0 Å². The van der Waals surface area contributed by atoms with E-state index < -0.39 is 12.5 Å². The molecule has 0 aliphatic rings. The third-order valence-corrected chi connectivity index (χ3v) is 1.53. The average Bonchev–Trinajstić information content (AvgIpc) is 1.31. The Morgan fingerprint density at radius 2 is 1.71 bits per heavy atom. The zero-order valence-electron chi connectivity index (χ0n) is 3.11. The summed E-state index contributed by atoms with van der Waals surface area (Å²) in [5.74, 6) is 0. The maximum atomic E-state index is 9.60. The second-order valence-corrected chi connectivity index (χ2v) is 3.08. The summed E-state index contributed by atoms with van der Waals surface area (Å²) in [5.41, 5.74) is 0. The molecule has 0 spiro atoms. The van der Waals surface area contributed by atoms with E-state index in [1.54, 1.807) is 0 Å². The maximum absolute atomic E-state index is 9.60. The molecule has 2 N–H and O–H groups in total. The summed E-state index contributed by atoms with van der Waals surface area (Å²) in [5, 5.41) is 0. The zero-order chi connectivity index (χ0) is 6.08. The second kappa shape index (κ2) is 1.96. The lowest BCUT2D eigenvalue weighted by Crippen LogP contribution is -1.82. The molecule has 0 heterocycles. The van der Waals surface area contributed by atoms with Crippen molar-refractivity contribution in [1.82, 2.24) is 0 Å². The van der Waals surface area contributed by atoms with Crippen LogP contribution >= 0.6 is 20.2 Å². The molecular weight excluding hydrogens is 139 g/mol. The predicted octanol–water partition coefficient (Wildman–Crippen LogP) is 0.214. The van der Waals surface area contributed by atoms with Gasteiger partial charge in [0, 0.05) is 0 Å². The number of thiol groups is 1. The highest BCUT2D eigenvalue weighted by molar-refractivity contribution is 8.12. The SMILES string of the molecule is O=C(S)P(=O)(O)O. The van der Waals surface area contributed by atoms with Crippen LogP contribution in [0.5, 0.6) is 0 Å². The van der Waals surface area contributed by atoms with Crippen LogP contribution < -0.4 is 0 Å². The van der Waals surface area contributed by atoms with Crippen molar-refractivity contribution in [1.29, 1.82) is 0 Å². The Labute approximate surface area is 45.1 Å². The molecule has 0 saturated carbocycles. The van der Waals surface area contributed by atoms with Crippen LogP contribution in [-0.2, 0) is 4.57 Å². The normalized spacial score (nSPS) is 11.3. The van der Waals surface area contributed by atoms with Gasteiger partial charge in [-0.1, -0.05) is 12.6 Å². The van der Waals surface area contributed by atoms with Crippen molar-refractivity contribution in [2.75, 3.05) is 0 Å². The molecule has 0 atom stereocenters. The van der Waals surface area contributed by atoms with Gasteiger partial charge in [-0.15, -0.1) is 0 Å². The van der Waals surface area contributed by atoms with Crippen LogP contribution in [0.2, 0.25) is 0 Å². The van der Waals surface area contributed by atoms with Crippen molar-refractivity contribution in [3.8, 4) is 0 Å². The van der Waals surface area contributed by atoms with Crippen molar-refractivity contribution < 1.29 is 19.1 Å². The highest BCUT2D eigenvalue weighted by atomic mass is 32.1. The fourth-order valence-electron chi connectivity index (χ4n) is 0. The van der Waals surface area contributed by atoms with Crippen LogP contribution in [0, 0.1) is 0 Å². The molecule has 0 aromatic carbocycles. The minimum absolute atomic E-state index is 1.40. The smallest absolute Gasteiger partial charge is 0.318 e. The van der Waals surface area contributed by atoms with E-state index in [2.05, 4.69) is 12.6 Å². The summed E-state index contributed by atoms with van der Waals surface area (Å²) in [6.07, 6.45) is 0. The van der Waals surface area contributed by atoms with E-state index in [4.69, 9.17) is 9.79 Å². The number of hydrogen-bond donors (Lipinski definition) is 3. The number of rotatable bonds is 1. The molecule has 0 bridgehead atoms. The highest BCUT2D eigenvalue weighted by Gasteiger charge is 2.20. The lowest BCUT2D eigenvalue weighted by atomic mass is 11.8. The van der Waals surface area contributed by atoms with Gasteiger partial charge in [-0.25, -0.2) is 0 Å². The molecule has 0 radical (unpaired) electrons. The number of hydrogen-bond acceptors (Lipinski definition) is 2. The van der Waals surface area contributed by atoms with Gasteiger partial charge in [0.1, 0.15) is 0 Å². The second-order valence-electron chi connectivity index (χ2n) is 0.827. The molecule has 6 heteroatoms. The van der Waals surface area contributed by atoms with Crippen molar-refractivity contribution in [2.24, 2.45) is 0 Å². The van der Waals surface area contributed by atoms with Crippen molar-refractivity contribution >= 4 is 25.1 Å². The van der Waals surface area contributed by atoms with Gasteiger partial charge in [0.2, 0.25) is 0 Å². The summed E-state index contributed by atoms with van der Waals surface area (Å²) in [7, 11) is -4.51. The zero-order valence-corrected chi connectivity index (χ0v) is 4.89. The van der Waals surface area contributed by atoms with E-state index >= 15 is 0 Å². The Morgan fingerprint density at radius 3 is 1.71 bits per heavy atom. The molecular formula is CH3O4PS. The minimum Gasteiger partial charge on any atom is -0.318 e. The predicted molar refractivity (Wildman–Crippen MR) is 26.4 cm³/mol. The van der Waals surface area contributed by atoms with E-state index in [1.807, 2.05) is 0 Å². The lowest BCUT2D eigenvalue weighted by Gasteiger charge is -1.90. The van der Waals surface area contributed by atoms with Gasteiger partial charge in [-0.05, 0) is 0 Å². The van der Waals surface area contributed by atoms with Crippen molar-refractivity contribution in [3.05, 3.63) is 0 Å². The van der Waals surface area contributed by atoms with E-state index in [0.717, 1.165) is 0 Å². The standard InChI is InChI=1S/CH3O4PS/c2-1(7)6(3,4)5/h(H,2,7)(H2,3,4,5). The van der Waals surface area contributed by atoms with Gasteiger partial charge >= 0.3 is 7.60 Å². The highest BCUT2D eigenvalue weighted by Crippen LogP contribution is 2.37. The average molecular weight is 142 g/mol. The lowest BCUT2D eigenvalue weighted by molar-refractivity contribution is 0.266. The summed E-state index contributed by atoms with van der Waals surface area (Å²) in [4.78, 5) is 23.7. The first-order valence-electron chi connectivity index (χ1n) is 1.23. The van der Waals surface area contributed by atoms with Crippen LogP contribution in [-0.4, -0.2) is 14.6 Å². The first-order chi connectivity index (χ1) is 2.94. The maximum Gasteiger partial charge on any atom is 0.402 e. The van der Waals surface area contributed by atoms with Crippen LogP contribution in [0.15, 0.2) is 0 Å². The van der Waals surface area contributed by atoms with E-state index in [1.165, 1.54) is 0 Å². The van der Waals surface area contributed by atoms with Crippen LogP contribution in [0.3, 0.4) is 0 Å². The largest absolute Gasteiger partial charge is 0.402 e. The first kappa shape index (κ1) is 7.17. The Balaban J connectivity index is 4.09. The summed E-state index contributed by atoms with van der Waals surface area (Å²) >= 11 is 2.88. The number of carbonyl (C=O) groups excluding carboxylic acids is 1. The molecule has 4 nitrogen and oxygen atoms in total. The Hall–Kier alpha value is 0.170. The first-order valence-corrected chi connectivity index (χ1v) is 3.29. The molecule has 42 valence electrons. The quantitative estimate of drug-likeness (QED) is 0.361. The molecule has 0 aromatic heterocycles. The molecule has 0 aliphatic heterocycles. The van der Waals surface area contributed by atoms with Crippen LogP contribution in [0.4, 0.5) is 4.79 Å². The molecule has 7 heavy (non-hydrogen) atoms. The molecule has 0 aliphatic carbocycles. The third-order valence-electron chi connectivity index (χ3n) is 0.249. The molecule has 0 amide bonds. The van der Waals surface area contributed by atoms with Gasteiger partial charge in [0.15, 0.2) is 0 Å². The van der Waals surface area contributed by atoms with Gasteiger partial charge in [0.25, 0.3) is 4.86 Å². The monoisotopic (exact) mass is 142 g/mol. The third kappa shape index (κ3) is 2.82. The Kier molecular flexibility index (Phi) is 2.01. The van der Waals surface area contributed by atoms with Crippen LogP contribution in [0.1, 0.15) is 0 Å². The van der Waals surface area contributed by atoms with Crippen LogP contribution in [0.25, 0.3) is 0 Å². The van der Waals surface area contributed by atoms with E-state index in [-0.39, 0.29) is 0 Å². The van der Waals surface area contributed by atoms with E-state index in [0.29, 0.717) is 0 Å². The summed E-state index contributed by atoms with van der Waals surface area (Å²) in [6.45, 7) is 0. The fraction of sp³-hybridized carbons (Fsp3) is 0. The molecule has 0 aromatic rings. The molecule has 0 saturated heterocycles. The Morgan fingerprint density at radius 1 is 1.57 bits per heavy atom. The summed E-state index contributed by atoms with van der Waals surface area (Å²) < 4.78 is 9.60. The molecule has 0 fully saturated rings. The Bertz CT molecular complexity index is 124. The van der Waals surface area contributed by atoms with Gasteiger partial charge in [0.05, 0.1) is 0 Å². The molecule has 0 rings (SSSR count). The number of carbonyl (C=O) groups is 1.